The van der Waals surface area contributed by atoms with E-state index in [2.05, 4.69) is 49.2 Å². The zero-order valence-electron chi connectivity index (χ0n) is 11.7. The maximum absolute atomic E-state index is 5.16. The lowest BCUT2D eigenvalue weighted by atomic mass is 10.0. The molecule has 0 aromatic heterocycles. The standard InChI is InChI=1S/C10H13NO.C7H6/c1-11-6-5-8-3-4-9(12-2)7-10(8)11;1-5-4-6-2-3-7(5)6/h3-4,7H,5-6H2,1-2H3;2-4H,1H3. The Kier molecular flexibility index (Phi) is 2.94. The van der Waals surface area contributed by atoms with Crippen molar-refractivity contribution in [2.75, 3.05) is 25.6 Å². The molecule has 1 aliphatic heterocycles. The van der Waals surface area contributed by atoms with Gasteiger partial charge < -0.3 is 9.64 Å². The minimum absolute atomic E-state index is 0.947. The first-order valence-electron chi connectivity index (χ1n) is 6.68. The van der Waals surface area contributed by atoms with Crippen LogP contribution in [0.25, 0.3) is 0 Å². The number of likely N-dealkylation sites (N-methyl/N-ethyl adjacent to an activating group) is 1. The van der Waals surface area contributed by atoms with Crippen LogP contribution in [0.15, 0.2) is 36.4 Å². The third-order valence-electron chi connectivity index (χ3n) is 3.96. The molecule has 0 saturated heterocycles. The number of ether oxygens (including phenoxy) is 1. The first kappa shape index (κ1) is 12.1. The van der Waals surface area contributed by atoms with E-state index < -0.39 is 0 Å². The van der Waals surface area contributed by atoms with Crippen molar-refractivity contribution in [2.24, 2.45) is 0 Å². The fourth-order valence-corrected chi connectivity index (χ4v) is 2.63. The van der Waals surface area contributed by atoms with E-state index in [1.807, 2.05) is 6.07 Å². The third-order valence-corrected chi connectivity index (χ3v) is 3.96. The molecule has 0 N–H and O–H groups in total. The molecule has 0 spiro atoms. The molecule has 1 aromatic carbocycles. The van der Waals surface area contributed by atoms with E-state index in [1.54, 1.807) is 7.11 Å². The van der Waals surface area contributed by atoms with E-state index in [0.29, 0.717) is 0 Å². The van der Waals surface area contributed by atoms with E-state index in [1.165, 1.54) is 27.3 Å². The fourth-order valence-electron chi connectivity index (χ4n) is 2.63. The highest BCUT2D eigenvalue weighted by Gasteiger charge is 2.15. The second-order valence-electron chi connectivity index (χ2n) is 5.20. The second kappa shape index (κ2) is 4.61. The first-order chi connectivity index (χ1) is 9.19. The molecule has 19 heavy (non-hydrogen) atoms. The van der Waals surface area contributed by atoms with Crippen molar-refractivity contribution in [3.8, 4) is 5.75 Å². The highest BCUT2D eigenvalue weighted by molar-refractivity contribution is 5.60. The number of aryl methyl sites for hydroxylation is 1. The molecule has 2 nitrogen and oxygen atoms in total. The third kappa shape index (κ3) is 2.07. The van der Waals surface area contributed by atoms with Crippen LogP contribution < -0.4 is 9.64 Å². The van der Waals surface area contributed by atoms with Gasteiger partial charge in [-0.1, -0.05) is 24.3 Å². The van der Waals surface area contributed by atoms with Gasteiger partial charge in [0.05, 0.1) is 7.11 Å². The Morgan fingerprint density at radius 3 is 2.42 bits per heavy atom. The van der Waals surface area contributed by atoms with Crippen LogP contribution >= 0.6 is 0 Å². The van der Waals surface area contributed by atoms with E-state index in [9.17, 15) is 0 Å². The molecule has 1 aromatic rings. The Bertz CT molecular complexity index is 706. The van der Waals surface area contributed by atoms with Gasteiger partial charge in [-0.3, -0.25) is 0 Å². The molecule has 0 fully saturated rings. The Hall–Kier alpha value is -1.96. The maximum atomic E-state index is 5.16. The largest absolute Gasteiger partial charge is 0.497 e. The van der Waals surface area contributed by atoms with Crippen LogP contribution in [-0.2, 0) is 6.42 Å². The Morgan fingerprint density at radius 1 is 1.11 bits per heavy atom. The summed E-state index contributed by atoms with van der Waals surface area (Å²) in [6.07, 6.45) is 1.16. The smallest absolute Gasteiger partial charge is 0.120 e. The summed E-state index contributed by atoms with van der Waals surface area (Å²) in [4.78, 5) is 2.26. The quantitative estimate of drug-likeness (QED) is 0.660. The monoisotopic (exact) mass is 253 g/mol. The molecule has 0 atom stereocenters. The molecule has 0 radical (unpaired) electrons. The van der Waals surface area contributed by atoms with Gasteiger partial charge >= 0.3 is 0 Å². The van der Waals surface area contributed by atoms with Crippen LogP contribution in [0.5, 0.6) is 5.75 Å². The van der Waals surface area contributed by atoms with Gasteiger partial charge in [-0.25, -0.2) is 0 Å². The van der Waals surface area contributed by atoms with Crippen molar-refractivity contribution >= 4 is 5.69 Å². The van der Waals surface area contributed by atoms with Crippen LogP contribution in [0.2, 0.25) is 0 Å². The Labute approximate surface area is 113 Å². The molecule has 0 unspecified atom stereocenters. The molecular formula is C17H19NO. The molecule has 98 valence electrons. The van der Waals surface area contributed by atoms with Crippen LogP contribution in [0.4, 0.5) is 5.69 Å². The number of rotatable bonds is 1. The number of methoxy groups -OCH3 is 1. The summed E-state index contributed by atoms with van der Waals surface area (Å²) in [6.45, 7) is 3.27. The molecule has 2 heteroatoms. The highest BCUT2D eigenvalue weighted by Crippen LogP contribution is 2.30. The number of hydrogen-bond acceptors (Lipinski definition) is 2. The zero-order chi connectivity index (χ0) is 13.4. The second-order valence-corrected chi connectivity index (χ2v) is 5.20. The molecule has 0 bridgehead atoms. The molecule has 4 rings (SSSR count). The lowest BCUT2D eigenvalue weighted by Crippen LogP contribution is -2.12. The van der Waals surface area contributed by atoms with E-state index in [-0.39, 0.29) is 0 Å². The SMILES string of the molecule is COc1ccc2c(c1)N(C)CC2.Cc1cc2ccc1=2. The summed E-state index contributed by atoms with van der Waals surface area (Å²) in [5.74, 6) is 0.947. The van der Waals surface area contributed by atoms with Gasteiger partial charge in [0.25, 0.3) is 0 Å². The van der Waals surface area contributed by atoms with E-state index in [0.717, 1.165) is 18.7 Å². The molecule has 1 heterocycles. The molecular weight excluding hydrogens is 234 g/mol. The molecule has 2 aliphatic carbocycles. The Balaban J connectivity index is 0.000000132. The first-order valence-corrected chi connectivity index (χ1v) is 6.68. The molecule has 3 aliphatic rings. The minimum atomic E-state index is 0.947. The predicted molar refractivity (Wildman–Crippen MR) is 78.8 cm³/mol. The van der Waals surface area contributed by atoms with Crippen LogP contribution in [0.1, 0.15) is 11.1 Å². The fraction of sp³-hybridized carbons (Fsp3) is 0.294. The normalized spacial score (nSPS) is 13.5. The number of nitrogens with zero attached hydrogens (tertiary/aromatic N) is 1. The van der Waals surface area contributed by atoms with Gasteiger partial charge in [-0.2, -0.15) is 0 Å². The number of benzene rings is 2. The summed E-state index contributed by atoms with van der Waals surface area (Å²) < 4.78 is 5.16. The highest BCUT2D eigenvalue weighted by atomic mass is 16.5. The van der Waals surface area contributed by atoms with E-state index >= 15 is 0 Å². The number of fused-ring (bicyclic) bond motifs is 1. The predicted octanol–water partition coefficient (Wildman–Crippen LogP) is 3.28. The average molecular weight is 253 g/mol. The van der Waals surface area contributed by atoms with Crippen molar-refractivity contribution in [1.29, 1.82) is 0 Å². The summed E-state index contributed by atoms with van der Waals surface area (Å²) in [7, 11) is 3.82. The van der Waals surface area contributed by atoms with Crippen molar-refractivity contribution in [3.05, 3.63) is 58.0 Å². The summed E-state index contributed by atoms with van der Waals surface area (Å²) in [5, 5.41) is 2.91. The van der Waals surface area contributed by atoms with Gasteiger partial charge in [0.15, 0.2) is 0 Å². The maximum Gasteiger partial charge on any atom is 0.120 e. The Morgan fingerprint density at radius 2 is 1.95 bits per heavy atom. The van der Waals surface area contributed by atoms with Gasteiger partial charge in [0.2, 0.25) is 0 Å². The lowest BCUT2D eigenvalue weighted by Gasteiger charge is -2.12. The number of hydrogen-bond donors (Lipinski definition) is 0. The average Bonchev–Trinajstić information content (AvgIpc) is 2.77. The van der Waals surface area contributed by atoms with Gasteiger partial charge in [-0.15, -0.1) is 0 Å². The zero-order valence-corrected chi connectivity index (χ0v) is 11.7. The molecule has 0 amide bonds. The van der Waals surface area contributed by atoms with Crippen molar-refractivity contribution in [2.45, 2.75) is 13.3 Å². The van der Waals surface area contributed by atoms with Crippen LogP contribution in [-0.4, -0.2) is 20.7 Å². The van der Waals surface area contributed by atoms with Crippen LogP contribution in [0, 0.1) is 17.4 Å². The van der Waals surface area contributed by atoms with E-state index in [4.69, 9.17) is 4.74 Å². The van der Waals surface area contributed by atoms with Crippen molar-refractivity contribution < 1.29 is 4.74 Å². The topological polar surface area (TPSA) is 12.5 Å². The van der Waals surface area contributed by atoms with Crippen LogP contribution in [0.3, 0.4) is 0 Å². The minimum Gasteiger partial charge on any atom is -0.497 e. The van der Waals surface area contributed by atoms with Gasteiger partial charge in [0.1, 0.15) is 5.75 Å². The molecule has 0 saturated carbocycles. The summed E-state index contributed by atoms with van der Waals surface area (Å²) in [6, 6.07) is 12.8. The number of anilines is 1. The summed E-state index contributed by atoms with van der Waals surface area (Å²) in [5.41, 5.74) is 4.19. The van der Waals surface area contributed by atoms with Crippen molar-refractivity contribution in [3.63, 3.8) is 0 Å². The van der Waals surface area contributed by atoms with Gasteiger partial charge in [-0.05, 0) is 41.0 Å². The summed E-state index contributed by atoms with van der Waals surface area (Å²) >= 11 is 0. The lowest BCUT2D eigenvalue weighted by molar-refractivity contribution is 0.415. The van der Waals surface area contributed by atoms with Crippen molar-refractivity contribution in [1.82, 2.24) is 0 Å². The van der Waals surface area contributed by atoms with Gasteiger partial charge in [0, 0.05) is 25.3 Å².